The van der Waals surface area contributed by atoms with Gasteiger partial charge in [-0.1, -0.05) is 0 Å². The Morgan fingerprint density at radius 2 is 2.07 bits per heavy atom. The SMILES string of the molecule is CCOc1ccc(N)c(S(=O)(=O)[O-])c1.[Na+]. The molecule has 1 aromatic carbocycles. The minimum absolute atomic E-state index is 0. The van der Waals surface area contributed by atoms with Crippen LogP contribution in [0.15, 0.2) is 23.1 Å². The molecule has 0 aromatic heterocycles. The molecule has 15 heavy (non-hydrogen) atoms. The second-order valence-electron chi connectivity index (χ2n) is 2.59. The van der Waals surface area contributed by atoms with Crippen LogP contribution < -0.4 is 40.0 Å². The quantitative estimate of drug-likeness (QED) is 0.360. The molecule has 0 amide bonds. The Bertz CT molecular complexity index is 432. The van der Waals surface area contributed by atoms with Crippen molar-refractivity contribution in [2.75, 3.05) is 12.3 Å². The van der Waals surface area contributed by atoms with Crippen LogP contribution in [0.2, 0.25) is 0 Å². The largest absolute Gasteiger partial charge is 1.00 e. The number of hydrogen-bond donors (Lipinski definition) is 1. The summed E-state index contributed by atoms with van der Waals surface area (Å²) in [4.78, 5) is -0.441. The molecule has 0 unspecified atom stereocenters. The van der Waals surface area contributed by atoms with E-state index in [4.69, 9.17) is 10.5 Å². The van der Waals surface area contributed by atoms with E-state index >= 15 is 0 Å². The second-order valence-corrected chi connectivity index (χ2v) is 3.93. The molecule has 7 heteroatoms. The van der Waals surface area contributed by atoms with Gasteiger partial charge in [0.25, 0.3) is 0 Å². The summed E-state index contributed by atoms with van der Waals surface area (Å²) in [6.45, 7) is 2.14. The number of benzene rings is 1. The third-order valence-corrected chi connectivity index (χ3v) is 2.46. The van der Waals surface area contributed by atoms with Crippen LogP contribution in [-0.2, 0) is 10.1 Å². The van der Waals surface area contributed by atoms with Gasteiger partial charge < -0.3 is 15.0 Å². The van der Waals surface area contributed by atoms with E-state index in [0.29, 0.717) is 12.4 Å². The first-order chi connectivity index (χ1) is 6.45. The predicted octanol–water partition coefficient (Wildman–Crippen LogP) is -2.42. The van der Waals surface area contributed by atoms with Crippen molar-refractivity contribution < 1.29 is 47.3 Å². The molecule has 0 aliphatic heterocycles. The molecule has 0 saturated carbocycles. The molecular weight excluding hydrogens is 229 g/mol. The maximum Gasteiger partial charge on any atom is 1.00 e. The maximum absolute atomic E-state index is 10.7. The van der Waals surface area contributed by atoms with E-state index in [9.17, 15) is 13.0 Å². The summed E-state index contributed by atoms with van der Waals surface area (Å²) in [6.07, 6.45) is 0. The van der Waals surface area contributed by atoms with Gasteiger partial charge in [-0.25, -0.2) is 8.42 Å². The van der Waals surface area contributed by atoms with E-state index in [0.717, 1.165) is 6.07 Å². The average Bonchev–Trinajstić information content (AvgIpc) is 2.07. The van der Waals surface area contributed by atoms with Crippen LogP contribution in [0.5, 0.6) is 5.75 Å². The van der Waals surface area contributed by atoms with Crippen molar-refractivity contribution in [3.63, 3.8) is 0 Å². The van der Waals surface area contributed by atoms with E-state index in [2.05, 4.69) is 0 Å². The third-order valence-electron chi connectivity index (χ3n) is 1.57. The minimum atomic E-state index is -4.53. The fourth-order valence-electron chi connectivity index (χ4n) is 0.988. The summed E-state index contributed by atoms with van der Waals surface area (Å²) in [5.41, 5.74) is 5.27. The first-order valence-corrected chi connectivity index (χ1v) is 5.34. The van der Waals surface area contributed by atoms with Gasteiger partial charge >= 0.3 is 29.6 Å². The zero-order valence-corrected chi connectivity index (χ0v) is 11.4. The van der Waals surface area contributed by atoms with Crippen LogP contribution in [0.4, 0.5) is 5.69 Å². The van der Waals surface area contributed by atoms with Gasteiger partial charge in [0, 0.05) is 5.69 Å². The Morgan fingerprint density at radius 1 is 1.47 bits per heavy atom. The first-order valence-electron chi connectivity index (χ1n) is 3.93. The average molecular weight is 239 g/mol. The minimum Gasteiger partial charge on any atom is -0.744 e. The van der Waals surface area contributed by atoms with Crippen LogP contribution in [-0.4, -0.2) is 19.6 Å². The van der Waals surface area contributed by atoms with Crippen LogP contribution >= 0.6 is 0 Å². The van der Waals surface area contributed by atoms with Crippen LogP contribution in [0.3, 0.4) is 0 Å². The molecular formula is C8H10NNaO4S. The number of nitrogens with two attached hydrogens (primary N) is 1. The number of anilines is 1. The molecule has 0 radical (unpaired) electrons. The molecule has 0 saturated heterocycles. The van der Waals surface area contributed by atoms with Crippen molar-refractivity contribution in [2.24, 2.45) is 0 Å². The molecule has 78 valence electrons. The van der Waals surface area contributed by atoms with Gasteiger partial charge in [-0.05, 0) is 25.1 Å². The van der Waals surface area contributed by atoms with Crippen LogP contribution in [0, 0.1) is 0 Å². The van der Waals surface area contributed by atoms with Crippen LogP contribution in [0.25, 0.3) is 0 Å². The van der Waals surface area contributed by atoms with E-state index in [1.165, 1.54) is 12.1 Å². The topological polar surface area (TPSA) is 92.5 Å². The summed E-state index contributed by atoms with van der Waals surface area (Å²) in [6, 6.07) is 3.96. The standard InChI is InChI=1S/C8H11NO4S.Na/c1-2-13-6-3-4-7(9)8(5-6)14(10,11)12;/h3-5H,2,9H2,1H3,(H,10,11,12);/q;+1/p-1. The molecule has 0 spiro atoms. The number of hydrogen-bond acceptors (Lipinski definition) is 5. The summed E-state index contributed by atoms with van der Waals surface area (Å²) >= 11 is 0. The maximum atomic E-state index is 10.7. The molecule has 0 aliphatic rings. The van der Waals surface area contributed by atoms with Crippen molar-refractivity contribution in [1.29, 1.82) is 0 Å². The molecule has 1 aromatic rings. The number of nitrogen functional groups attached to an aromatic ring is 1. The molecule has 5 nitrogen and oxygen atoms in total. The van der Waals surface area contributed by atoms with Gasteiger partial charge in [0.15, 0.2) is 0 Å². The van der Waals surface area contributed by atoms with E-state index in [-0.39, 0.29) is 35.2 Å². The molecule has 0 heterocycles. The van der Waals surface area contributed by atoms with Gasteiger partial charge in [0.05, 0.1) is 11.5 Å². The van der Waals surface area contributed by atoms with Crippen molar-refractivity contribution in [1.82, 2.24) is 0 Å². The van der Waals surface area contributed by atoms with Crippen LogP contribution in [0.1, 0.15) is 6.92 Å². The zero-order valence-electron chi connectivity index (χ0n) is 8.56. The zero-order chi connectivity index (χ0) is 10.8. The molecule has 0 fully saturated rings. The molecule has 0 bridgehead atoms. The van der Waals surface area contributed by atoms with Gasteiger partial charge in [0.2, 0.25) is 0 Å². The molecule has 1 rings (SSSR count). The smallest absolute Gasteiger partial charge is 0.744 e. The molecule has 0 aliphatic carbocycles. The fourth-order valence-corrected chi connectivity index (χ4v) is 1.60. The Morgan fingerprint density at radius 3 is 2.53 bits per heavy atom. The fraction of sp³-hybridized carbons (Fsp3) is 0.250. The Hall–Kier alpha value is -0.270. The van der Waals surface area contributed by atoms with Crippen molar-refractivity contribution in [3.8, 4) is 5.75 Å². The molecule has 2 N–H and O–H groups in total. The number of rotatable bonds is 3. The summed E-state index contributed by atoms with van der Waals surface area (Å²) in [5, 5.41) is 0. The van der Waals surface area contributed by atoms with Gasteiger partial charge in [-0.2, -0.15) is 0 Å². The molecule has 0 atom stereocenters. The van der Waals surface area contributed by atoms with Gasteiger partial charge in [-0.15, -0.1) is 0 Å². The Kier molecular flexibility index (Phi) is 5.61. The normalized spacial score (nSPS) is 10.5. The first kappa shape index (κ1) is 14.7. The van der Waals surface area contributed by atoms with E-state index in [1.807, 2.05) is 0 Å². The van der Waals surface area contributed by atoms with Gasteiger partial charge in [0.1, 0.15) is 15.9 Å². The third kappa shape index (κ3) is 4.00. The van der Waals surface area contributed by atoms with Crippen molar-refractivity contribution in [3.05, 3.63) is 18.2 Å². The van der Waals surface area contributed by atoms with Gasteiger partial charge in [-0.3, -0.25) is 0 Å². The second kappa shape index (κ2) is 5.72. The van der Waals surface area contributed by atoms with Crippen molar-refractivity contribution in [2.45, 2.75) is 11.8 Å². The predicted molar refractivity (Wildman–Crippen MR) is 50.0 cm³/mol. The van der Waals surface area contributed by atoms with E-state index < -0.39 is 15.0 Å². The number of ether oxygens (including phenoxy) is 1. The summed E-state index contributed by atoms with van der Waals surface area (Å²) < 4.78 is 37.2. The Balaban J connectivity index is 0.00000196. The monoisotopic (exact) mass is 239 g/mol. The summed E-state index contributed by atoms with van der Waals surface area (Å²) in [5.74, 6) is 0.316. The van der Waals surface area contributed by atoms with Crippen molar-refractivity contribution >= 4 is 15.8 Å². The van der Waals surface area contributed by atoms with E-state index in [1.54, 1.807) is 6.92 Å². The Labute approximate surface area is 111 Å². The summed E-state index contributed by atoms with van der Waals surface area (Å²) in [7, 11) is -4.53.